The van der Waals surface area contributed by atoms with Crippen LogP contribution in [-0.2, 0) is 11.3 Å². The molecule has 0 aromatic carbocycles. The predicted molar refractivity (Wildman–Crippen MR) is 82.5 cm³/mol. The summed E-state index contributed by atoms with van der Waals surface area (Å²) in [6.07, 6.45) is 8.65. The molecule has 1 fully saturated rings. The molecule has 1 N–H and O–H groups in total. The Hall–Kier alpha value is -1.20. The second-order valence-electron chi connectivity index (χ2n) is 5.54. The number of pyridine rings is 1. The molecule has 108 valence electrons. The van der Waals surface area contributed by atoms with E-state index in [1.54, 1.807) is 0 Å². The number of nitrogens with zero attached hydrogens (tertiary/aromatic N) is 2. The molecule has 0 bridgehead atoms. The third kappa shape index (κ3) is 2.79. The Morgan fingerprint density at radius 1 is 1.40 bits per heavy atom. The van der Waals surface area contributed by atoms with Crippen molar-refractivity contribution >= 4 is 23.4 Å². The Morgan fingerprint density at radius 2 is 2.20 bits per heavy atom. The molecule has 20 heavy (non-hydrogen) atoms. The van der Waals surface area contributed by atoms with Gasteiger partial charge in [0.2, 0.25) is 0 Å². The maximum absolute atomic E-state index is 5.98. The van der Waals surface area contributed by atoms with E-state index < -0.39 is 0 Å². The molecule has 0 unspecified atom stereocenters. The van der Waals surface area contributed by atoms with Gasteiger partial charge in [-0.3, -0.25) is 4.57 Å². The topological polar surface area (TPSA) is 42.8 Å². The summed E-state index contributed by atoms with van der Waals surface area (Å²) in [5.74, 6) is 0. The maximum Gasteiger partial charge on any atom is 0.179 e. The molecule has 1 aliphatic rings. The quantitative estimate of drug-likeness (QED) is 0.872. The number of imidazole rings is 1. The lowest BCUT2D eigenvalue weighted by molar-refractivity contribution is 0.0243. The van der Waals surface area contributed by atoms with Gasteiger partial charge in [-0.05, 0) is 43.6 Å². The van der Waals surface area contributed by atoms with Gasteiger partial charge in [0.05, 0.1) is 24.8 Å². The van der Waals surface area contributed by atoms with Crippen molar-refractivity contribution in [3.63, 3.8) is 0 Å². The van der Waals surface area contributed by atoms with Crippen LogP contribution in [0.1, 0.15) is 37.7 Å². The second kappa shape index (κ2) is 6.06. The number of aromatic nitrogens is 3. The Kier molecular flexibility index (Phi) is 4.17. The molecule has 0 atom stereocenters. The van der Waals surface area contributed by atoms with E-state index in [9.17, 15) is 0 Å². The monoisotopic (exact) mass is 291 g/mol. The van der Waals surface area contributed by atoms with E-state index >= 15 is 0 Å². The lowest BCUT2D eigenvalue weighted by Crippen LogP contribution is -2.19. The molecular formula is C15H21N3OS. The zero-order valence-electron chi connectivity index (χ0n) is 11.9. The van der Waals surface area contributed by atoms with Gasteiger partial charge in [0.25, 0.3) is 0 Å². The molecule has 3 rings (SSSR count). The van der Waals surface area contributed by atoms with Crippen molar-refractivity contribution in [1.82, 2.24) is 14.5 Å². The fourth-order valence-corrected chi connectivity index (χ4v) is 3.20. The molecule has 0 amide bonds. The lowest BCUT2D eigenvalue weighted by Gasteiger charge is -2.22. The first-order valence-electron chi connectivity index (χ1n) is 7.41. The van der Waals surface area contributed by atoms with Gasteiger partial charge in [-0.25, -0.2) is 4.98 Å². The van der Waals surface area contributed by atoms with Crippen molar-refractivity contribution in [3.05, 3.63) is 22.6 Å². The summed E-state index contributed by atoms with van der Waals surface area (Å²) in [6.45, 7) is 3.55. The first-order valence-corrected chi connectivity index (χ1v) is 7.82. The van der Waals surface area contributed by atoms with Crippen molar-refractivity contribution < 1.29 is 4.74 Å². The molecule has 2 aromatic rings. The molecule has 0 radical (unpaired) electrons. The second-order valence-corrected chi connectivity index (χ2v) is 5.93. The van der Waals surface area contributed by atoms with Crippen LogP contribution in [0.3, 0.4) is 0 Å². The Labute approximate surface area is 124 Å². The fraction of sp³-hybridized carbons (Fsp3) is 0.600. The number of H-pyrrole nitrogens is 1. The van der Waals surface area contributed by atoms with Crippen LogP contribution in [0.4, 0.5) is 0 Å². The van der Waals surface area contributed by atoms with E-state index in [4.69, 9.17) is 17.0 Å². The van der Waals surface area contributed by atoms with Crippen LogP contribution in [0.15, 0.2) is 12.3 Å². The highest BCUT2D eigenvalue weighted by Gasteiger charge is 2.14. The van der Waals surface area contributed by atoms with Crippen LogP contribution in [0.25, 0.3) is 11.2 Å². The Bertz CT molecular complexity index is 640. The van der Waals surface area contributed by atoms with Gasteiger partial charge in [-0.1, -0.05) is 19.3 Å². The van der Waals surface area contributed by atoms with E-state index in [2.05, 4.69) is 16.9 Å². The van der Waals surface area contributed by atoms with Gasteiger partial charge >= 0.3 is 0 Å². The summed E-state index contributed by atoms with van der Waals surface area (Å²) in [5, 5.41) is 0. The number of fused-ring (bicyclic) bond motifs is 1. The zero-order chi connectivity index (χ0) is 13.9. The molecule has 1 saturated carbocycles. The minimum Gasteiger partial charge on any atom is -0.376 e. The minimum atomic E-state index is 0.442. The number of nitrogens with one attached hydrogen (secondary N) is 1. The van der Waals surface area contributed by atoms with Crippen LogP contribution in [0.5, 0.6) is 0 Å². The highest BCUT2D eigenvalue weighted by Crippen LogP contribution is 2.20. The number of hydrogen-bond acceptors (Lipinski definition) is 3. The summed E-state index contributed by atoms with van der Waals surface area (Å²) in [5.41, 5.74) is 3.14. The maximum atomic E-state index is 5.98. The van der Waals surface area contributed by atoms with Crippen molar-refractivity contribution in [1.29, 1.82) is 0 Å². The van der Waals surface area contributed by atoms with E-state index in [1.807, 2.05) is 16.8 Å². The van der Waals surface area contributed by atoms with Gasteiger partial charge < -0.3 is 9.72 Å². The number of aryl methyl sites for hydroxylation is 1. The normalized spacial score (nSPS) is 16.9. The molecule has 2 heterocycles. The number of rotatable bonds is 4. The molecule has 5 heteroatoms. The molecule has 0 saturated heterocycles. The van der Waals surface area contributed by atoms with Crippen molar-refractivity contribution in [2.45, 2.75) is 51.7 Å². The van der Waals surface area contributed by atoms with Crippen LogP contribution in [0.2, 0.25) is 0 Å². The molecule has 2 aromatic heterocycles. The number of hydrogen-bond donors (Lipinski definition) is 1. The number of aromatic amines is 1. The molecule has 0 spiro atoms. The molecule has 1 aliphatic carbocycles. The van der Waals surface area contributed by atoms with Crippen LogP contribution < -0.4 is 0 Å². The first kappa shape index (κ1) is 13.8. The molecule has 4 nitrogen and oxygen atoms in total. The summed E-state index contributed by atoms with van der Waals surface area (Å²) in [6, 6.07) is 2.00. The van der Waals surface area contributed by atoms with Crippen molar-refractivity contribution in [2.24, 2.45) is 0 Å². The number of ether oxygens (including phenoxy) is 1. The average Bonchev–Trinajstić information content (AvgIpc) is 2.78. The highest BCUT2D eigenvalue weighted by atomic mass is 32.1. The fourth-order valence-electron chi connectivity index (χ4n) is 2.92. The van der Waals surface area contributed by atoms with Crippen molar-refractivity contribution in [2.75, 3.05) is 6.61 Å². The molecular weight excluding hydrogens is 270 g/mol. The van der Waals surface area contributed by atoms with Crippen LogP contribution in [-0.4, -0.2) is 27.2 Å². The van der Waals surface area contributed by atoms with E-state index in [0.29, 0.717) is 12.7 Å². The summed E-state index contributed by atoms with van der Waals surface area (Å²) >= 11 is 5.39. The zero-order valence-corrected chi connectivity index (χ0v) is 12.7. The SMILES string of the molecule is Cc1ccnc2c1[nH]c(=S)n2CCOC1CCCCC1. The highest BCUT2D eigenvalue weighted by molar-refractivity contribution is 7.71. The van der Waals surface area contributed by atoms with Gasteiger partial charge in [-0.2, -0.15) is 0 Å². The van der Waals surface area contributed by atoms with Crippen LogP contribution in [0, 0.1) is 11.7 Å². The van der Waals surface area contributed by atoms with Gasteiger partial charge in [0.15, 0.2) is 10.4 Å². The lowest BCUT2D eigenvalue weighted by atomic mass is 9.98. The smallest absolute Gasteiger partial charge is 0.179 e. The predicted octanol–water partition coefficient (Wildman–Crippen LogP) is 3.75. The minimum absolute atomic E-state index is 0.442. The Balaban J connectivity index is 1.69. The van der Waals surface area contributed by atoms with Crippen LogP contribution >= 0.6 is 12.2 Å². The largest absolute Gasteiger partial charge is 0.376 e. The van der Waals surface area contributed by atoms with E-state index in [0.717, 1.165) is 22.5 Å². The van der Waals surface area contributed by atoms with Gasteiger partial charge in [-0.15, -0.1) is 0 Å². The average molecular weight is 291 g/mol. The third-order valence-electron chi connectivity index (χ3n) is 4.09. The van der Waals surface area contributed by atoms with E-state index in [1.165, 1.54) is 37.7 Å². The third-order valence-corrected chi connectivity index (χ3v) is 4.42. The first-order chi connectivity index (χ1) is 9.75. The summed E-state index contributed by atoms with van der Waals surface area (Å²) < 4.78 is 8.75. The van der Waals surface area contributed by atoms with E-state index in [-0.39, 0.29) is 0 Å². The van der Waals surface area contributed by atoms with Crippen molar-refractivity contribution in [3.8, 4) is 0 Å². The standard InChI is InChI=1S/C15H21N3OS/c1-11-7-8-16-14-13(11)17-15(20)18(14)9-10-19-12-5-3-2-4-6-12/h7-8,12H,2-6,9-10H2,1H3,(H,17,20). The molecule has 0 aliphatic heterocycles. The van der Waals surface area contributed by atoms with Gasteiger partial charge in [0.1, 0.15) is 0 Å². The Morgan fingerprint density at radius 3 is 3.00 bits per heavy atom. The summed E-state index contributed by atoms with van der Waals surface area (Å²) in [7, 11) is 0. The van der Waals surface area contributed by atoms with Gasteiger partial charge in [0, 0.05) is 6.20 Å². The summed E-state index contributed by atoms with van der Waals surface area (Å²) in [4.78, 5) is 7.68.